The highest BCUT2D eigenvalue weighted by Crippen LogP contribution is 2.53. The first-order valence-electron chi connectivity index (χ1n) is 20.7. The van der Waals surface area contributed by atoms with Gasteiger partial charge in [-0.05, 0) is 116 Å². The third-order valence-corrected chi connectivity index (χ3v) is 14.1. The van der Waals surface area contributed by atoms with E-state index in [0.29, 0.717) is 12.0 Å². The van der Waals surface area contributed by atoms with Crippen LogP contribution in [0.2, 0.25) is 0 Å². The maximum atomic E-state index is 2.54. The summed E-state index contributed by atoms with van der Waals surface area (Å²) in [5, 5.41) is 10.3. The summed E-state index contributed by atoms with van der Waals surface area (Å²) in [6.45, 7) is 4.79. The molecule has 0 aliphatic carbocycles. The average molecular weight is 773 g/mol. The zero-order valence-corrected chi connectivity index (χ0v) is 33.7. The Morgan fingerprint density at radius 2 is 1.12 bits per heavy atom. The summed E-state index contributed by atoms with van der Waals surface area (Å²) in [5.41, 5.74) is 12.4. The number of fused-ring (bicyclic) bond motifs is 4. The molecule has 0 amide bonds. The van der Waals surface area contributed by atoms with Crippen LogP contribution in [-0.4, -0.2) is 6.04 Å². The predicted molar refractivity (Wildman–Crippen MR) is 255 cm³/mol. The Morgan fingerprint density at radius 1 is 0.458 bits per heavy atom. The maximum Gasteiger partial charge on any atom is 0.0540 e. The van der Waals surface area contributed by atoms with Gasteiger partial charge < -0.3 is 9.80 Å². The second-order valence-corrected chi connectivity index (χ2v) is 17.2. The van der Waals surface area contributed by atoms with Crippen LogP contribution in [0.1, 0.15) is 25.3 Å². The zero-order chi connectivity index (χ0) is 39.2. The third kappa shape index (κ3) is 5.25. The number of nitrogens with zero attached hydrogens (tertiary/aromatic N) is 2. The van der Waals surface area contributed by atoms with Crippen molar-refractivity contribution in [1.82, 2.24) is 0 Å². The number of hydrogen-bond acceptors (Lipinski definition) is 3. The van der Waals surface area contributed by atoms with Crippen molar-refractivity contribution in [3.8, 4) is 22.3 Å². The fourth-order valence-electron chi connectivity index (χ4n) is 10.1. The molecule has 1 aromatic heterocycles. The molecule has 0 radical (unpaired) electrons. The van der Waals surface area contributed by atoms with Gasteiger partial charge in [0.1, 0.15) is 0 Å². The fourth-order valence-corrected chi connectivity index (χ4v) is 11.2. The highest BCUT2D eigenvalue weighted by atomic mass is 32.1. The number of rotatable bonds is 6. The third-order valence-electron chi connectivity index (χ3n) is 13.0. The first-order chi connectivity index (χ1) is 29.1. The van der Waals surface area contributed by atoms with Crippen molar-refractivity contribution in [3.05, 3.63) is 200 Å². The molecular weight excluding hydrogens is 733 g/mol. The highest BCUT2D eigenvalue weighted by Gasteiger charge is 2.36. The lowest BCUT2D eigenvalue weighted by molar-refractivity contribution is 0.643. The van der Waals surface area contributed by atoms with Crippen LogP contribution < -0.4 is 9.80 Å². The van der Waals surface area contributed by atoms with Gasteiger partial charge in [0.2, 0.25) is 0 Å². The molecule has 2 atom stereocenters. The maximum absolute atomic E-state index is 2.54. The lowest BCUT2D eigenvalue weighted by atomic mass is 9.88. The SMILES string of the molecule is CC1c2c(-c3cc(N(c4ccc(-c5ccccc5)cc4)c4ccc5ccc6cccc7ccc4c5c67)cc4sc5ccccc5c34)cccc2N(c2ccccc2)C1C. The molecule has 2 heterocycles. The molecule has 0 bridgehead atoms. The van der Waals surface area contributed by atoms with Crippen LogP contribution in [0.4, 0.5) is 28.4 Å². The molecule has 0 saturated carbocycles. The van der Waals surface area contributed by atoms with Gasteiger partial charge in [-0.25, -0.2) is 0 Å². The Bertz CT molecular complexity index is 3350. The Balaban J connectivity index is 1.14. The van der Waals surface area contributed by atoms with Crippen LogP contribution in [-0.2, 0) is 0 Å². The molecule has 0 spiro atoms. The molecule has 280 valence electrons. The largest absolute Gasteiger partial charge is 0.338 e. The minimum Gasteiger partial charge on any atom is -0.338 e. The van der Waals surface area contributed by atoms with E-state index in [2.05, 4.69) is 218 Å². The van der Waals surface area contributed by atoms with E-state index in [1.165, 1.54) is 97.4 Å². The first kappa shape index (κ1) is 34.1. The Kier molecular flexibility index (Phi) is 7.70. The molecule has 0 N–H and O–H groups in total. The standard InChI is InChI=1S/C56H40N2S/c1-35-36(2)57(42-17-7-4-8-18-42)50-21-12-20-45(53(35)50)48-33-44(34-52-56(48)47-19-9-10-22-51(47)59-52)58(43-29-25-38(26-30-43)37-13-5-3-6-14-37)49-32-28-41-24-23-39-15-11-16-40-27-31-46(49)55(41)54(39)40/h3-36H,1-2H3. The lowest BCUT2D eigenvalue weighted by Gasteiger charge is -2.29. The highest BCUT2D eigenvalue weighted by molar-refractivity contribution is 7.26. The molecule has 2 unspecified atom stereocenters. The molecule has 3 heteroatoms. The van der Waals surface area contributed by atoms with Crippen molar-refractivity contribution >= 4 is 92.3 Å². The van der Waals surface area contributed by atoms with Gasteiger partial charge >= 0.3 is 0 Å². The van der Waals surface area contributed by atoms with Crippen LogP contribution in [0, 0.1) is 0 Å². The number of anilines is 5. The quantitative estimate of drug-likeness (QED) is 0.155. The van der Waals surface area contributed by atoms with Gasteiger partial charge in [-0.3, -0.25) is 0 Å². The van der Waals surface area contributed by atoms with Crippen LogP contribution >= 0.6 is 11.3 Å². The fraction of sp³-hybridized carbons (Fsp3) is 0.0714. The van der Waals surface area contributed by atoms with Crippen molar-refractivity contribution in [3.63, 3.8) is 0 Å². The minimum absolute atomic E-state index is 0.309. The number of benzene rings is 10. The zero-order valence-electron chi connectivity index (χ0n) is 32.9. The number of thiophene rings is 1. The Labute approximate surface area is 348 Å². The molecule has 10 aromatic carbocycles. The molecule has 1 aliphatic heterocycles. The summed E-state index contributed by atoms with van der Waals surface area (Å²) >= 11 is 1.90. The van der Waals surface area contributed by atoms with Crippen molar-refractivity contribution in [2.45, 2.75) is 25.8 Å². The van der Waals surface area contributed by atoms with Crippen molar-refractivity contribution in [1.29, 1.82) is 0 Å². The van der Waals surface area contributed by atoms with E-state index >= 15 is 0 Å². The van der Waals surface area contributed by atoms with Crippen LogP contribution in [0.25, 0.3) is 74.7 Å². The first-order valence-corrected chi connectivity index (χ1v) is 21.5. The van der Waals surface area contributed by atoms with E-state index in [9.17, 15) is 0 Å². The van der Waals surface area contributed by atoms with Gasteiger partial charge in [-0.2, -0.15) is 0 Å². The summed E-state index contributed by atoms with van der Waals surface area (Å²) in [4.78, 5) is 5.06. The summed E-state index contributed by atoms with van der Waals surface area (Å²) in [6.07, 6.45) is 0. The molecule has 2 nitrogen and oxygen atoms in total. The van der Waals surface area contributed by atoms with Crippen LogP contribution in [0.5, 0.6) is 0 Å². The second kappa shape index (κ2) is 13.3. The van der Waals surface area contributed by atoms with Gasteiger partial charge in [-0.15, -0.1) is 11.3 Å². The smallest absolute Gasteiger partial charge is 0.0540 e. The molecule has 59 heavy (non-hydrogen) atoms. The van der Waals surface area contributed by atoms with E-state index in [4.69, 9.17) is 0 Å². The summed E-state index contributed by atoms with van der Waals surface area (Å²) in [7, 11) is 0. The van der Waals surface area contributed by atoms with Gasteiger partial charge in [0.05, 0.1) is 5.69 Å². The van der Waals surface area contributed by atoms with Crippen molar-refractivity contribution in [2.24, 2.45) is 0 Å². The monoisotopic (exact) mass is 772 g/mol. The van der Waals surface area contributed by atoms with E-state index in [0.717, 1.165) is 11.4 Å². The molecule has 0 saturated heterocycles. The Hall–Kier alpha value is -6.94. The van der Waals surface area contributed by atoms with Gasteiger partial charge in [-0.1, -0.05) is 146 Å². The number of hydrogen-bond donors (Lipinski definition) is 0. The number of para-hydroxylation sites is 1. The topological polar surface area (TPSA) is 6.48 Å². The van der Waals surface area contributed by atoms with Crippen molar-refractivity contribution in [2.75, 3.05) is 9.80 Å². The van der Waals surface area contributed by atoms with E-state index in [1.807, 2.05) is 11.3 Å². The van der Waals surface area contributed by atoms with E-state index in [1.54, 1.807) is 0 Å². The second-order valence-electron chi connectivity index (χ2n) is 16.1. The van der Waals surface area contributed by atoms with Crippen LogP contribution in [0.15, 0.2) is 194 Å². The van der Waals surface area contributed by atoms with Crippen LogP contribution in [0.3, 0.4) is 0 Å². The summed E-state index contributed by atoms with van der Waals surface area (Å²) in [5.74, 6) is 0.323. The van der Waals surface area contributed by atoms with Gasteiger partial charge in [0.25, 0.3) is 0 Å². The molecule has 1 aliphatic rings. The van der Waals surface area contributed by atoms with E-state index < -0.39 is 0 Å². The van der Waals surface area contributed by atoms with Gasteiger partial charge in [0.15, 0.2) is 0 Å². The normalized spacial score (nSPS) is 15.3. The summed E-state index contributed by atoms with van der Waals surface area (Å²) < 4.78 is 2.60. The van der Waals surface area contributed by atoms with Gasteiger partial charge in [0, 0.05) is 60.3 Å². The predicted octanol–water partition coefficient (Wildman–Crippen LogP) is 16.4. The molecule has 0 fully saturated rings. The van der Waals surface area contributed by atoms with E-state index in [-0.39, 0.29) is 0 Å². The molecule has 12 rings (SSSR count). The minimum atomic E-state index is 0.309. The molecular formula is C56H40N2S. The Morgan fingerprint density at radius 3 is 1.92 bits per heavy atom. The summed E-state index contributed by atoms with van der Waals surface area (Å²) in [6, 6.07) is 72.4. The van der Waals surface area contributed by atoms with Crippen molar-refractivity contribution < 1.29 is 0 Å². The molecule has 11 aromatic rings. The lowest BCUT2D eigenvalue weighted by Crippen LogP contribution is -2.25. The average Bonchev–Trinajstić information content (AvgIpc) is 3.80.